The van der Waals surface area contributed by atoms with Crippen LogP contribution in [0.1, 0.15) is 10.4 Å². The van der Waals surface area contributed by atoms with E-state index in [1.54, 1.807) is 23.7 Å². The summed E-state index contributed by atoms with van der Waals surface area (Å²) in [5.41, 5.74) is 1.32. The van der Waals surface area contributed by atoms with Crippen molar-refractivity contribution < 1.29 is 0 Å². The van der Waals surface area contributed by atoms with Gasteiger partial charge in [0.1, 0.15) is 0 Å². The first kappa shape index (κ1) is 9.15. The maximum atomic E-state index is 4.09. The fraction of sp³-hybridized carbons (Fsp3) is 0.200. The Kier molecular flexibility index (Phi) is 2.74. The van der Waals surface area contributed by atoms with E-state index in [-0.39, 0.29) is 0 Å². The SMILES string of the molecule is Cc1ccsc1CNc1ncccn1. The first-order valence-corrected chi connectivity index (χ1v) is 5.28. The van der Waals surface area contributed by atoms with Crippen molar-refractivity contribution in [3.8, 4) is 0 Å². The topological polar surface area (TPSA) is 37.8 Å². The first-order chi connectivity index (χ1) is 6.86. The number of nitrogens with one attached hydrogen (secondary N) is 1. The predicted octanol–water partition coefficient (Wildman–Crippen LogP) is 2.46. The van der Waals surface area contributed by atoms with Crippen LogP contribution in [0, 0.1) is 6.92 Å². The molecule has 0 saturated carbocycles. The van der Waals surface area contributed by atoms with Gasteiger partial charge in [0.2, 0.25) is 5.95 Å². The molecule has 2 heterocycles. The number of nitrogens with zero attached hydrogens (tertiary/aromatic N) is 2. The van der Waals surface area contributed by atoms with Gasteiger partial charge in [-0.2, -0.15) is 0 Å². The van der Waals surface area contributed by atoms with Gasteiger partial charge in [-0.05, 0) is 30.0 Å². The molecule has 3 nitrogen and oxygen atoms in total. The highest BCUT2D eigenvalue weighted by Gasteiger charge is 1.99. The van der Waals surface area contributed by atoms with Crippen LogP contribution in [0.2, 0.25) is 0 Å². The Labute approximate surface area is 86.8 Å². The third kappa shape index (κ3) is 2.09. The Hall–Kier alpha value is -1.42. The van der Waals surface area contributed by atoms with Crippen molar-refractivity contribution in [1.29, 1.82) is 0 Å². The van der Waals surface area contributed by atoms with Crippen molar-refractivity contribution in [2.75, 3.05) is 5.32 Å². The van der Waals surface area contributed by atoms with Gasteiger partial charge in [-0.3, -0.25) is 0 Å². The molecule has 0 aliphatic carbocycles. The maximum absolute atomic E-state index is 4.09. The highest BCUT2D eigenvalue weighted by molar-refractivity contribution is 7.10. The molecule has 1 N–H and O–H groups in total. The van der Waals surface area contributed by atoms with Crippen LogP contribution in [0.4, 0.5) is 5.95 Å². The lowest BCUT2D eigenvalue weighted by atomic mass is 10.3. The summed E-state index contributed by atoms with van der Waals surface area (Å²) in [5, 5.41) is 5.27. The molecule has 0 amide bonds. The molecule has 0 radical (unpaired) electrons. The molecule has 72 valence electrons. The van der Waals surface area contributed by atoms with Crippen molar-refractivity contribution in [3.05, 3.63) is 40.3 Å². The van der Waals surface area contributed by atoms with Gasteiger partial charge in [-0.1, -0.05) is 0 Å². The Morgan fingerprint density at radius 2 is 2.14 bits per heavy atom. The lowest BCUT2D eigenvalue weighted by molar-refractivity contribution is 1.06. The minimum atomic E-state index is 0.681. The first-order valence-electron chi connectivity index (χ1n) is 4.40. The standard InChI is InChI=1S/C10H11N3S/c1-8-3-6-14-9(8)7-13-10-11-4-2-5-12-10/h2-6H,7H2,1H3,(H,11,12,13). The molecule has 0 aliphatic heterocycles. The van der Waals surface area contributed by atoms with Crippen molar-refractivity contribution >= 4 is 17.3 Å². The number of hydrogen-bond donors (Lipinski definition) is 1. The lowest BCUT2D eigenvalue weighted by Gasteiger charge is -2.02. The quantitative estimate of drug-likeness (QED) is 0.836. The molecular weight excluding hydrogens is 194 g/mol. The van der Waals surface area contributed by atoms with Gasteiger partial charge in [0.25, 0.3) is 0 Å². The van der Waals surface area contributed by atoms with Crippen molar-refractivity contribution in [2.24, 2.45) is 0 Å². The number of thiophene rings is 1. The van der Waals surface area contributed by atoms with Crippen LogP contribution in [0.15, 0.2) is 29.9 Å². The molecule has 2 aromatic rings. The molecule has 0 bridgehead atoms. The molecule has 0 unspecified atom stereocenters. The molecule has 0 aliphatic rings. The Balaban J connectivity index is 1.99. The van der Waals surface area contributed by atoms with Crippen LogP contribution in [0.5, 0.6) is 0 Å². The zero-order valence-electron chi connectivity index (χ0n) is 7.90. The average molecular weight is 205 g/mol. The molecule has 4 heteroatoms. The maximum Gasteiger partial charge on any atom is 0.222 e. The van der Waals surface area contributed by atoms with E-state index in [1.165, 1.54) is 10.4 Å². The van der Waals surface area contributed by atoms with Crippen molar-refractivity contribution in [3.63, 3.8) is 0 Å². The molecule has 0 saturated heterocycles. The van der Waals surface area contributed by atoms with Crippen LogP contribution in [-0.2, 0) is 6.54 Å². The van der Waals surface area contributed by atoms with Crippen LogP contribution >= 0.6 is 11.3 Å². The average Bonchev–Trinajstić information content (AvgIpc) is 2.63. The second kappa shape index (κ2) is 4.19. The largest absolute Gasteiger partial charge is 0.349 e. The molecule has 2 aromatic heterocycles. The van der Waals surface area contributed by atoms with Gasteiger partial charge < -0.3 is 5.32 Å². The zero-order chi connectivity index (χ0) is 9.80. The van der Waals surface area contributed by atoms with Crippen molar-refractivity contribution in [2.45, 2.75) is 13.5 Å². The molecule has 0 aromatic carbocycles. The highest BCUT2D eigenvalue weighted by atomic mass is 32.1. The zero-order valence-corrected chi connectivity index (χ0v) is 8.71. The number of aromatic nitrogens is 2. The van der Waals surface area contributed by atoms with Crippen LogP contribution in [0.25, 0.3) is 0 Å². The number of hydrogen-bond acceptors (Lipinski definition) is 4. The van der Waals surface area contributed by atoms with Gasteiger partial charge >= 0.3 is 0 Å². The summed E-state index contributed by atoms with van der Waals surface area (Å²) in [4.78, 5) is 9.51. The van der Waals surface area contributed by atoms with Gasteiger partial charge in [-0.15, -0.1) is 11.3 Å². The van der Waals surface area contributed by atoms with Crippen LogP contribution in [-0.4, -0.2) is 9.97 Å². The molecule has 2 rings (SSSR count). The van der Waals surface area contributed by atoms with Gasteiger partial charge in [0.15, 0.2) is 0 Å². The summed E-state index contributed by atoms with van der Waals surface area (Å²) in [5.74, 6) is 0.681. The minimum Gasteiger partial charge on any atom is -0.349 e. The van der Waals surface area contributed by atoms with Gasteiger partial charge in [0, 0.05) is 17.3 Å². The van der Waals surface area contributed by atoms with E-state index in [9.17, 15) is 0 Å². The van der Waals surface area contributed by atoms with E-state index in [0.29, 0.717) is 5.95 Å². The molecule has 0 spiro atoms. The highest BCUT2D eigenvalue weighted by Crippen LogP contribution is 2.16. The van der Waals surface area contributed by atoms with E-state index in [2.05, 4.69) is 33.7 Å². The summed E-state index contributed by atoms with van der Waals surface area (Å²) in [6, 6.07) is 3.93. The Morgan fingerprint density at radius 3 is 2.79 bits per heavy atom. The summed E-state index contributed by atoms with van der Waals surface area (Å²) in [6.45, 7) is 2.91. The van der Waals surface area contributed by atoms with E-state index in [0.717, 1.165) is 6.54 Å². The monoisotopic (exact) mass is 205 g/mol. The van der Waals surface area contributed by atoms with E-state index >= 15 is 0 Å². The van der Waals surface area contributed by atoms with Gasteiger partial charge in [0.05, 0.1) is 6.54 Å². The third-order valence-electron chi connectivity index (χ3n) is 1.94. The smallest absolute Gasteiger partial charge is 0.222 e. The summed E-state index contributed by atoms with van der Waals surface area (Å²) in [7, 11) is 0. The Morgan fingerprint density at radius 1 is 1.36 bits per heavy atom. The predicted molar refractivity (Wildman–Crippen MR) is 58.4 cm³/mol. The fourth-order valence-corrected chi connectivity index (χ4v) is 1.98. The van der Waals surface area contributed by atoms with E-state index < -0.39 is 0 Å². The van der Waals surface area contributed by atoms with Crippen molar-refractivity contribution in [1.82, 2.24) is 9.97 Å². The molecule has 14 heavy (non-hydrogen) atoms. The summed E-state index contributed by atoms with van der Waals surface area (Å²) >= 11 is 1.75. The lowest BCUT2D eigenvalue weighted by Crippen LogP contribution is -2.02. The third-order valence-corrected chi connectivity index (χ3v) is 2.96. The number of aryl methyl sites for hydroxylation is 1. The molecular formula is C10H11N3S. The summed E-state index contributed by atoms with van der Waals surface area (Å²) in [6.07, 6.45) is 3.47. The normalized spacial score (nSPS) is 10.1. The van der Waals surface area contributed by atoms with Crippen LogP contribution < -0.4 is 5.32 Å². The second-order valence-electron chi connectivity index (χ2n) is 2.95. The van der Waals surface area contributed by atoms with Gasteiger partial charge in [-0.25, -0.2) is 9.97 Å². The number of anilines is 1. The minimum absolute atomic E-state index is 0.681. The Bertz CT molecular complexity index is 397. The molecule has 0 fully saturated rings. The van der Waals surface area contributed by atoms with E-state index in [4.69, 9.17) is 0 Å². The van der Waals surface area contributed by atoms with Crippen LogP contribution in [0.3, 0.4) is 0 Å². The molecule has 0 atom stereocenters. The fourth-order valence-electron chi connectivity index (χ4n) is 1.13. The second-order valence-corrected chi connectivity index (χ2v) is 3.95. The summed E-state index contributed by atoms with van der Waals surface area (Å²) < 4.78 is 0. The van der Waals surface area contributed by atoms with E-state index in [1.807, 2.05) is 6.07 Å². The number of rotatable bonds is 3.